The SMILES string of the molecule is CC(C)(C)[C@]12CC[C@H](O1)c1ccccc12. The number of hydrogen-bond donors (Lipinski definition) is 0. The average molecular weight is 202 g/mol. The highest BCUT2D eigenvalue weighted by molar-refractivity contribution is 5.42. The molecule has 1 fully saturated rings. The molecule has 1 nitrogen and oxygen atoms in total. The van der Waals surface area contributed by atoms with E-state index in [0.717, 1.165) is 0 Å². The lowest BCUT2D eigenvalue weighted by molar-refractivity contribution is -0.0951. The molecular formula is C14H18O. The highest BCUT2D eigenvalue weighted by Crippen LogP contribution is 2.61. The van der Waals surface area contributed by atoms with E-state index in [2.05, 4.69) is 45.0 Å². The van der Waals surface area contributed by atoms with E-state index in [1.54, 1.807) is 0 Å². The summed E-state index contributed by atoms with van der Waals surface area (Å²) in [5, 5.41) is 0. The van der Waals surface area contributed by atoms with Gasteiger partial charge in [-0.3, -0.25) is 0 Å². The first kappa shape index (κ1) is 9.41. The van der Waals surface area contributed by atoms with Gasteiger partial charge in [0, 0.05) is 0 Å². The Balaban J connectivity index is 2.22. The van der Waals surface area contributed by atoms with E-state index < -0.39 is 0 Å². The normalized spacial score (nSPS) is 33.1. The van der Waals surface area contributed by atoms with Crippen molar-refractivity contribution < 1.29 is 4.74 Å². The van der Waals surface area contributed by atoms with Gasteiger partial charge in [0.2, 0.25) is 0 Å². The molecule has 1 saturated heterocycles. The first-order valence-electron chi connectivity index (χ1n) is 5.82. The zero-order valence-corrected chi connectivity index (χ0v) is 9.71. The molecular weight excluding hydrogens is 184 g/mol. The van der Waals surface area contributed by atoms with Crippen LogP contribution in [0.1, 0.15) is 50.8 Å². The highest BCUT2D eigenvalue weighted by atomic mass is 16.5. The number of ether oxygens (including phenoxy) is 1. The van der Waals surface area contributed by atoms with E-state index in [9.17, 15) is 0 Å². The summed E-state index contributed by atoms with van der Waals surface area (Å²) in [5.74, 6) is 0. The molecule has 1 aromatic carbocycles. The van der Waals surface area contributed by atoms with Crippen molar-refractivity contribution in [3.63, 3.8) is 0 Å². The second-order valence-corrected chi connectivity index (χ2v) is 5.81. The Morgan fingerprint density at radius 3 is 2.73 bits per heavy atom. The van der Waals surface area contributed by atoms with Crippen molar-refractivity contribution in [3.8, 4) is 0 Å². The molecule has 3 rings (SSSR count). The summed E-state index contributed by atoms with van der Waals surface area (Å²) < 4.78 is 6.29. The van der Waals surface area contributed by atoms with E-state index in [-0.39, 0.29) is 11.0 Å². The third-order valence-electron chi connectivity index (χ3n) is 4.06. The number of rotatable bonds is 0. The molecule has 0 radical (unpaired) electrons. The Bertz CT molecular complexity index is 402. The van der Waals surface area contributed by atoms with Crippen molar-refractivity contribution in [2.24, 2.45) is 5.41 Å². The van der Waals surface area contributed by atoms with Gasteiger partial charge in [-0.1, -0.05) is 45.0 Å². The molecule has 0 amide bonds. The molecule has 0 aromatic heterocycles. The summed E-state index contributed by atoms with van der Waals surface area (Å²) in [5.41, 5.74) is 3.04. The fraction of sp³-hybridized carbons (Fsp3) is 0.571. The second kappa shape index (κ2) is 2.65. The van der Waals surface area contributed by atoms with Crippen LogP contribution in [-0.2, 0) is 10.3 Å². The van der Waals surface area contributed by atoms with Gasteiger partial charge < -0.3 is 4.74 Å². The Hall–Kier alpha value is -0.820. The van der Waals surface area contributed by atoms with Gasteiger partial charge in [0.1, 0.15) is 0 Å². The maximum atomic E-state index is 6.29. The van der Waals surface area contributed by atoms with Crippen molar-refractivity contribution in [2.75, 3.05) is 0 Å². The largest absolute Gasteiger partial charge is 0.362 e. The topological polar surface area (TPSA) is 9.23 Å². The van der Waals surface area contributed by atoms with Crippen LogP contribution in [0, 0.1) is 5.41 Å². The molecule has 15 heavy (non-hydrogen) atoms. The van der Waals surface area contributed by atoms with E-state index in [1.165, 1.54) is 24.0 Å². The van der Waals surface area contributed by atoms with E-state index in [0.29, 0.717) is 6.10 Å². The molecule has 2 bridgehead atoms. The van der Waals surface area contributed by atoms with Crippen LogP contribution >= 0.6 is 0 Å². The minimum atomic E-state index is -0.0196. The molecule has 2 atom stereocenters. The summed E-state index contributed by atoms with van der Waals surface area (Å²) >= 11 is 0. The van der Waals surface area contributed by atoms with Crippen LogP contribution in [0.5, 0.6) is 0 Å². The van der Waals surface area contributed by atoms with E-state index in [1.807, 2.05) is 0 Å². The Labute approximate surface area is 91.5 Å². The zero-order chi connectivity index (χ0) is 10.7. The summed E-state index contributed by atoms with van der Waals surface area (Å²) in [6.07, 6.45) is 2.73. The molecule has 0 saturated carbocycles. The van der Waals surface area contributed by atoms with Crippen LogP contribution in [0.3, 0.4) is 0 Å². The third kappa shape index (κ3) is 1.02. The van der Waals surface area contributed by atoms with Gasteiger partial charge in [-0.25, -0.2) is 0 Å². The molecule has 2 heterocycles. The Kier molecular flexibility index (Phi) is 1.66. The van der Waals surface area contributed by atoms with Crippen molar-refractivity contribution in [1.29, 1.82) is 0 Å². The summed E-state index contributed by atoms with van der Waals surface area (Å²) in [6, 6.07) is 8.74. The quantitative estimate of drug-likeness (QED) is 0.622. The number of benzene rings is 1. The van der Waals surface area contributed by atoms with Gasteiger partial charge in [0.25, 0.3) is 0 Å². The maximum absolute atomic E-state index is 6.29. The standard InChI is InChI=1S/C14H18O/c1-13(2,3)14-9-8-12(15-14)10-6-4-5-7-11(10)14/h4-7,12H,8-9H2,1-3H3/t12-,14+/m0/s1. The zero-order valence-electron chi connectivity index (χ0n) is 9.71. The molecule has 0 unspecified atom stereocenters. The molecule has 2 aliphatic rings. The van der Waals surface area contributed by atoms with E-state index >= 15 is 0 Å². The van der Waals surface area contributed by atoms with Crippen molar-refractivity contribution >= 4 is 0 Å². The van der Waals surface area contributed by atoms with Crippen LogP contribution in [0.2, 0.25) is 0 Å². The van der Waals surface area contributed by atoms with Crippen LogP contribution < -0.4 is 0 Å². The van der Waals surface area contributed by atoms with Crippen LogP contribution in [0.15, 0.2) is 24.3 Å². The van der Waals surface area contributed by atoms with Gasteiger partial charge >= 0.3 is 0 Å². The van der Waals surface area contributed by atoms with Gasteiger partial charge in [0.15, 0.2) is 0 Å². The minimum absolute atomic E-state index is 0.0196. The average Bonchev–Trinajstić information content (AvgIpc) is 2.74. The monoisotopic (exact) mass is 202 g/mol. The summed E-state index contributed by atoms with van der Waals surface area (Å²) in [6.45, 7) is 6.87. The van der Waals surface area contributed by atoms with Gasteiger partial charge in [-0.05, 0) is 29.4 Å². The number of hydrogen-bond acceptors (Lipinski definition) is 1. The van der Waals surface area contributed by atoms with Crippen LogP contribution in [0.4, 0.5) is 0 Å². The molecule has 80 valence electrons. The molecule has 0 aliphatic carbocycles. The summed E-state index contributed by atoms with van der Waals surface area (Å²) in [7, 11) is 0. The smallest absolute Gasteiger partial charge is 0.0992 e. The van der Waals surface area contributed by atoms with Crippen molar-refractivity contribution in [1.82, 2.24) is 0 Å². The van der Waals surface area contributed by atoms with Crippen molar-refractivity contribution in [3.05, 3.63) is 35.4 Å². The minimum Gasteiger partial charge on any atom is -0.362 e. The predicted molar refractivity (Wildman–Crippen MR) is 60.6 cm³/mol. The fourth-order valence-corrected chi connectivity index (χ4v) is 3.21. The Morgan fingerprint density at radius 1 is 1.27 bits per heavy atom. The highest BCUT2D eigenvalue weighted by Gasteiger charge is 2.56. The fourth-order valence-electron chi connectivity index (χ4n) is 3.21. The maximum Gasteiger partial charge on any atom is 0.0992 e. The van der Waals surface area contributed by atoms with Crippen LogP contribution in [0.25, 0.3) is 0 Å². The van der Waals surface area contributed by atoms with Gasteiger partial charge in [-0.15, -0.1) is 0 Å². The molecule has 2 aliphatic heterocycles. The van der Waals surface area contributed by atoms with Crippen molar-refractivity contribution in [2.45, 2.75) is 45.3 Å². The van der Waals surface area contributed by atoms with E-state index in [4.69, 9.17) is 4.74 Å². The Morgan fingerprint density at radius 2 is 2.00 bits per heavy atom. The summed E-state index contributed by atoms with van der Waals surface area (Å²) in [4.78, 5) is 0. The third-order valence-corrected chi connectivity index (χ3v) is 4.06. The molecule has 1 heteroatoms. The predicted octanol–water partition coefficient (Wildman–Crippen LogP) is 3.79. The lowest BCUT2D eigenvalue weighted by Gasteiger charge is -2.39. The van der Waals surface area contributed by atoms with Crippen LogP contribution in [-0.4, -0.2) is 0 Å². The van der Waals surface area contributed by atoms with Gasteiger partial charge in [0.05, 0.1) is 11.7 Å². The molecule has 1 aromatic rings. The second-order valence-electron chi connectivity index (χ2n) is 5.81. The lowest BCUT2D eigenvalue weighted by atomic mass is 9.68. The van der Waals surface area contributed by atoms with Gasteiger partial charge in [-0.2, -0.15) is 0 Å². The number of fused-ring (bicyclic) bond motifs is 5. The first-order valence-corrected chi connectivity index (χ1v) is 5.82. The lowest BCUT2D eigenvalue weighted by Crippen LogP contribution is -2.37. The first-order chi connectivity index (χ1) is 7.05. The molecule has 0 spiro atoms. The molecule has 0 N–H and O–H groups in total.